The van der Waals surface area contributed by atoms with E-state index in [0.29, 0.717) is 32.4 Å². The second-order valence-electron chi connectivity index (χ2n) is 7.60. The Labute approximate surface area is 152 Å². The lowest BCUT2D eigenvalue weighted by molar-refractivity contribution is -0.130. The summed E-state index contributed by atoms with van der Waals surface area (Å²) in [6.45, 7) is 2.84. The van der Waals surface area contributed by atoms with Crippen molar-refractivity contribution >= 4 is 5.91 Å². The number of amides is 1. The standard InChI is InChI=1S/C19H26N4O3/c1-12-8-14(26-22-12)9-13-10-23(11-18(13)24)19(25)7-6-17-15-4-2-3-5-16(15)20-21-17/h8,13,18,24H,2-7,9-11H2,1H3,(H,20,21)/t13-,18-/m1/s1. The second kappa shape index (κ2) is 7.23. The van der Waals surface area contributed by atoms with Crippen molar-refractivity contribution in [2.45, 2.75) is 58.0 Å². The van der Waals surface area contributed by atoms with Gasteiger partial charge in [0.15, 0.2) is 0 Å². The quantitative estimate of drug-likeness (QED) is 0.846. The van der Waals surface area contributed by atoms with E-state index in [1.54, 1.807) is 4.90 Å². The number of nitrogens with one attached hydrogen (secondary N) is 1. The SMILES string of the molecule is Cc1cc(C[C@@H]2CN(C(=O)CCc3n[nH]c4c3CCCC4)C[C@H]2O)on1. The van der Waals surface area contributed by atoms with Crippen LogP contribution in [0.4, 0.5) is 0 Å². The molecular weight excluding hydrogens is 332 g/mol. The van der Waals surface area contributed by atoms with Crippen LogP contribution >= 0.6 is 0 Å². The molecule has 0 aromatic carbocycles. The largest absolute Gasteiger partial charge is 0.391 e. The van der Waals surface area contributed by atoms with Gasteiger partial charge in [0.25, 0.3) is 0 Å². The number of hydrogen-bond donors (Lipinski definition) is 2. The first-order valence-electron chi connectivity index (χ1n) is 9.53. The lowest BCUT2D eigenvalue weighted by Crippen LogP contribution is -2.29. The Morgan fingerprint density at radius 1 is 1.38 bits per heavy atom. The third-order valence-corrected chi connectivity index (χ3v) is 5.62. The van der Waals surface area contributed by atoms with Gasteiger partial charge in [0.1, 0.15) is 5.76 Å². The number of nitrogens with zero attached hydrogens (tertiary/aromatic N) is 3. The number of carbonyl (C=O) groups excluding carboxylic acids is 1. The van der Waals surface area contributed by atoms with Gasteiger partial charge >= 0.3 is 0 Å². The minimum atomic E-state index is -0.512. The van der Waals surface area contributed by atoms with Crippen molar-refractivity contribution < 1.29 is 14.4 Å². The second-order valence-corrected chi connectivity index (χ2v) is 7.60. The van der Waals surface area contributed by atoms with E-state index in [0.717, 1.165) is 30.0 Å². The zero-order valence-corrected chi connectivity index (χ0v) is 15.2. The number of likely N-dealkylation sites (tertiary alicyclic amines) is 1. The Balaban J connectivity index is 1.32. The number of aliphatic hydroxyl groups excluding tert-OH is 1. The lowest BCUT2D eigenvalue weighted by Gasteiger charge is -2.16. The maximum absolute atomic E-state index is 12.6. The average Bonchev–Trinajstić information content (AvgIpc) is 3.33. The van der Waals surface area contributed by atoms with Crippen LogP contribution in [0.25, 0.3) is 0 Å². The predicted octanol–water partition coefficient (Wildman–Crippen LogP) is 1.58. The van der Waals surface area contributed by atoms with E-state index in [-0.39, 0.29) is 11.8 Å². The summed E-state index contributed by atoms with van der Waals surface area (Å²) < 4.78 is 5.24. The Morgan fingerprint density at radius 2 is 2.23 bits per heavy atom. The fourth-order valence-corrected chi connectivity index (χ4v) is 4.17. The first kappa shape index (κ1) is 17.3. The zero-order chi connectivity index (χ0) is 18.1. The van der Waals surface area contributed by atoms with Crippen molar-refractivity contribution in [3.05, 3.63) is 34.5 Å². The smallest absolute Gasteiger partial charge is 0.223 e. The van der Waals surface area contributed by atoms with Crippen molar-refractivity contribution in [3.63, 3.8) is 0 Å². The van der Waals surface area contributed by atoms with E-state index in [2.05, 4.69) is 15.4 Å². The van der Waals surface area contributed by atoms with E-state index in [9.17, 15) is 9.90 Å². The molecule has 1 fully saturated rings. The number of aryl methyl sites for hydroxylation is 3. The van der Waals surface area contributed by atoms with Gasteiger partial charge in [-0.2, -0.15) is 5.10 Å². The summed E-state index contributed by atoms with van der Waals surface area (Å²) in [5.74, 6) is 0.862. The number of fused-ring (bicyclic) bond motifs is 1. The van der Waals surface area contributed by atoms with Crippen molar-refractivity contribution in [2.24, 2.45) is 5.92 Å². The van der Waals surface area contributed by atoms with Crippen molar-refractivity contribution in [1.29, 1.82) is 0 Å². The fourth-order valence-electron chi connectivity index (χ4n) is 4.17. The van der Waals surface area contributed by atoms with Gasteiger partial charge in [0.2, 0.25) is 5.91 Å². The van der Waals surface area contributed by atoms with E-state index in [1.807, 2.05) is 13.0 Å². The Hall–Kier alpha value is -2.15. The number of carbonyl (C=O) groups is 1. The first-order valence-corrected chi connectivity index (χ1v) is 9.53. The first-order chi connectivity index (χ1) is 12.6. The van der Waals surface area contributed by atoms with Crippen molar-refractivity contribution in [3.8, 4) is 0 Å². The summed E-state index contributed by atoms with van der Waals surface area (Å²) in [4.78, 5) is 14.4. The molecule has 2 N–H and O–H groups in total. The Morgan fingerprint density at radius 3 is 3.04 bits per heavy atom. The summed E-state index contributed by atoms with van der Waals surface area (Å²) in [5, 5.41) is 21.7. The lowest BCUT2D eigenvalue weighted by atomic mass is 9.94. The van der Waals surface area contributed by atoms with Gasteiger partial charge < -0.3 is 14.5 Å². The molecule has 1 aliphatic carbocycles. The summed E-state index contributed by atoms with van der Waals surface area (Å²) in [5.41, 5.74) is 4.45. The minimum Gasteiger partial charge on any atom is -0.391 e. The molecule has 140 valence electrons. The van der Waals surface area contributed by atoms with Gasteiger partial charge in [-0.05, 0) is 38.2 Å². The van der Waals surface area contributed by atoms with Crippen LogP contribution in [-0.4, -0.2) is 50.5 Å². The van der Waals surface area contributed by atoms with Gasteiger partial charge in [0, 0.05) is 50.0 Å². The molecule has 0 unspecified atom stereocenters. The summed E-state index contributed by atoms with van der Waals surface area (Å²) in [7, 11) is 0. The molecule has 0 saturated carbocycles. The van der Waals surface area contributed by atoms with E-state index < -0.39 is 6.10 Å². The summed E-state index contributed by atoms with van der Waals surface area (Å²) in [6.07, 6.45) is 5.76. The van der Waals surface area contributed by atoms with Crippen LogP contribution in [0, 0.1) is 12.8 Å². The predicted molar refractivity (Wildman–Crippen MR) is 94.6 cm³/mol. The Kier molecular flexibility index (Phi) is 4.80. The van der Waals surface area contributed by atoms with Crippen LogP contribution in [0.15, 0.2) is 10.6 Å². The highest BCUT2D eigenvalue weighted by molar-refractivity contribution is 5.76. The van der Waals surface area contributed by atoms with Crippen molar-refractivity contribution in [1.82, 2.24) is 20.3 Å². The summed E-state index contributed by atoms with van der Waals surface area (Å²) >= 11 is 0. The molecule has 0 bridgehead atoms. The van der Waals surface area contributed by atoms with Gasteiger partial charge in [0.05, 0.1) is 17.5 Å². The van der Waals surface area contributed by atoms with Crippen LogP contribution < -0.4 is 0 Å². The van der Waals surface area contributed by atoms with E-state index in [1.165, 1.54) is 24.1 Å². The highest BCUT2D eigenvalue weighted by Gasteiger charge is 2.34. The number of rotatable bonds is 5. The summed E-state index contributed by atoms with van der Waals surface area (Å²) in [6, 6.07) is 1.89. The molecule has 2 aromatic heterocycles. The molecule has 2 aliphatic rings. The topological polar surface area (TPSA) is 95.2 Å². The maximum atomic E-state index is 12.6. The van der Waals surface area contributed by atoms with Gasteiger partial charge in [-0.1, -0.05) is 5.16 Å². The number of aromatic amines is 1. The molecule has 0 radical (unpaired) electrons. The minimum absolute atomic E-state index is 0.00411. The maximum Gasteiger partial charge on any atom is 0.223 e. The van der Waals surface area contributed by atoms with Gasteiger partial charge in [-0.25, -0.2) is 0 Å². The Bertz CT molecular complexity index is 782. The number of H-pyrrole nitrogens is 1. The highest BCUT2D eigenvalue weighted by Crippen LogP contribution is 2.25. The molecule has 3 heterocycles. The molecule has 0 spiro atoms. The molecule has 7 nitrogen and oxygen atoms in total. The van der Waals surface area contributed by atoms with Crippen LogP contribution in [-0.2, 0) is 30.5 Å². The molecule has 1 aliphatic heterocycles. The molecule has 4 rings (SSSR count). The molecule has 7 heteroatoms. The van der Waals surface area contributed by atoms with Gasteiger partial charge in [-0.3, -0.25) is 9.89 Å². The van der Waals surface area contributed by atoms with Crippen LogP contribution in [0.1, 0.15) is 47.7 Å². The molecule has 2 aromatic rings. The molecule has 1 saturated heterocycles. The number of aliphatic hydroxyl groups is 1. The molecule has 2 atom stereocenters. The number of aromatic nitrogens is 3. The van der Waals surface area contributed by atoms with Crippen LogP contribution in [0.2, 0.25) is 0 Å². The molecule has 26 heavy (non-hydrogen) atoms. The van der Waals surface area contributed by atoms with E-state index in [4.69, 9.17) is 4.52 Å². The monoisotopic (exact) mass is 358 g/mol. The number of β-amino-alcohol motifs (C(OH)–C–C–N with tert-alkyl or cyclic N) is 1. The fraction of sp³-hybridized carbons (Fsp3) is 0.632. The molecular formula is C19H26N4O3. The van der Waals surface area contributed by atoms with Crippen LogP contribution in [0.3, 0.4) is 0 Å². The zero-order valence-electron chi connectivity index (χ0n) is 15.2. The van der Waals surface area contributed by atoms with Gasteiger partial charge in [-0.15, -0.1) is 0 Å². The van der Waals surface area contributed by atoms with Crippen LogP contribution in [0.5, 0.6) is 0 Å². The third kappa shape index (κ3) is 3.53. The number of hydrogen-bond acceptors (Lipinski definition) is 5. The molecule has 1 amide bonds. The van der Waals surface area contributed by atoms with E-state index >= 15 is 0 Å². The highest BCUT2D eigenvalue weighted by atomic mass is 16.5. The normalized spacial score (nSPS) is 22.6. The third-order valence-electron chi connectivity index (χ3n) is 5.62. The average molecular weight is 358 g/mol. The van der Waals surface area contributed by atoms with Crippen molar-refractivity contribution in [2.75, 3.05) is 13.1 Å².